The Kier molecular flexibility index (Phi) is 2.71. The van der Waals surface area contributed by atoms with Crippen LogP contribution in [0.5, 0.6) is 0 Å². The molecule has 0 unspecified atom stereocenters. The predicted octanol–water partition coefficient (Wildman–Crippen LogP) is 0.940. The highest BCUT2D eigenvalue weighted by atomic mass is 32.1. The van der Waals surface area contributed by atoms with E-state index in [4.69, 9.17) is 0 Å². The molecule has 0 saturated heterocycles. The molecule has 1 aromatic heterocycles. The molecule has 0 radical (unpaired) electrons. The molecule has 0 N–H and O–H groups in total. The molecule has 11 heavy (non-hydrogen) atoms. The fraction of sp³-hybridized carbons (Fsp3) is 0.222. The Morgan fingerprint density at radius 1 is 1.73 bits per heavy atom. The molecule has 1 aromatic rings. The molecule has 58 valence electrons. The number of thiol groups is 1. The van der Waals surface area contributed by atoms with Crippen molar-refractivity contribution in [1.82, 2.24) is 4.98 Å². The molecule has 0 bridgehead atoms. The molecule has 0 aliphatic heterocycles. The summed E-state index contributed by atoms with van der Waals surface area (Å²) in [6.07, 6.45) is 2.67. The average molecular weight is 165 g/mol. The second-order valence-corrected chi connectivity index (χ2v) is 2.85. The monoisotopic (exact) mass is 165 g/mol. The minimum atomic E-state index is 0.905. The SMILES string of the molecule is C=c1cccn/c1=C(\S)CC. The molecular formula is C9H11NS. The Morgan fingerprint density at radius 2 is 2.45 bits per heavy atom. The topological polar surface area (TPSA) is 12.9 Å². The van der Waals surface area contributed by atoms with E-state index in [9.17, 15) is 0 Å². The Morgan fingerprint density at radius 3 is 3.00 bits per heavy atom. The van der Waals surface area contributed by atoms with Gasteiger partial charge in [0, 0.05) is 11.1 Å². The van der Waals surface area contributed by atoms with Gasteiger partial charge in [-0.2, -0.15) is 0 Å². The van der Waals surface area contributed by atoms with E-state index in [1.54, 1.807) is 6.20 Å². The van der Waals surface area contributed by atoms with Gasteiger partial charge in [0.1, 0.15) is 0 Å². The van der Waals surface area contributed by atoms with Crippen molar-refractivity contribution < 1.29 is 0 Å². The highest BCUT2D eigenvalue weighted by Crippen LogP contribution is 2.00. The minimum Gasteiger partial charge on any atom is -0.255 e. The van der Waals surface area contributed by atoms with Gasteiger partial charge in [-0.25, -0.2) is 0 Å². The molecule has 1 rings (SSSR count). The third kappa shape index (κ3) is 1.84. The van der Waals surface area contributed by atoms with Crippen molar-refractivity contribution in [3.05, 3.63) is 28.9 Å². The summed E-state index contributed by atoms with van der Waals surface area (Å²) < 4.78 is 0. The smallest absolute Gasteiger partial charge is 0.0788 e. The molecule has 2 heteroatoms. The van der Waals surface area contributed by atoms with Crippen molar-refractivity contribution in [2.45, 2.75) is 13.3 Å². The van der Waals surface area contributed by atoms with E-state index in [0.29, 0.717) is 0 Å². The van der Waals surface area contributed by atoms with Gasteiger partial charge in [-0.1, -0.05) is 19.6 Å². The maximum Gasteiger partial charge on any atom is 0.0788 e. The molecule has 0 fully saturated rings. The fourth-order valence-electron chi connectivity index (χ4n) is 0.866. The second-order valence-electron chi connectivity index (χ2n) is 2.31. The summed E-state index contributed by atoms with van der Waals surface area (Å²) in [5.74, 6) is 0. The van der Waals surface area contributed by atoms with Gasteiger partial charge < -0.3 is 0 Å². The van der Waals surface area contributed by atoms with Gasteiger partial charge >= 0.3 is 0 Å². The molecule has 0 amide bonds. The Balaban J connectivity index is 3.46. The van der Waals surface area contributed by atoms with Gasteiger partial charge in [-0.15, -0.1) is 12.6 Å². The van der Waals surface area contributed by atoms with Crippen LogP contribution in [0.15, 0.2) is 18.3 Å². The van der Waals surface area contributed by atoms with Gasteiger partial charge in [-0.05, 0) is 17.7 Å². The minimum absolute atomic E-state index is 0.905. The zero-order valence-electron chi connectivity index (χ0n) is 6.54. The lowest BCUT2D eigenvalue weighted by Gasteiger charge is -1.92. The maximum atomic E-state index is 4.30. The van der Waals surface area contributed by atoms with Crippen molar-refractivity contribution in [2.24, 2.45) is 0 Å². The van der Waals surface area contributed by atoms with Crippen LogP contribution in [0.3, 0.4) is 0 Å². The lowest BCUT2D eigenvalue weighted by atomic mass is 10.3. The van der Waals surface area contributed by atoms with E-state index in [2.05, 4.69) is 31.1 Å². The first-order chi connectivity index (χ1) is 5.25. The molecule has 0 atom stereocenters. The third-order valence-corrected chi connectivity index (χ3v) is 2.03. The van der Waals surface area contributed by atoms with Gasteiger partial charge in [-0.3, -0.25) is 4.98 Å². The summed E-state index contributed by atoms with van der Waals surface area (Å²) in [5.41, 5.74) is 0. The number of hydrogen-bond donors (Lipinski definition) is 1. The number of aromatic nitrogens is 1. The number of rotatable bonds is 1. The molecule has 0 aliphatic rings. The Hall–Kier alpha value is -0.760. The second kappa shape index (κ2) is 3.58. The van der Waals surface area contributed by atoms with E-state index in [0.717, 1.165) is 21.9 Å². The highest BCUT2D eigenvalue weighted by molar-refractivity contribution is 7.90. The molecule has 0 spiro atoms. The van der Waals surface area contributed by atoms with Crippen LogP contribution in [-0.4, -0.2) is 4.98 Å². The molecular weight excluding hydrogens is 154 g/mol. The zero-order valence-corrected chi connectivity index (χ0v) is 7.44. The van der Waals surface area contributed by atoms with E-state index in [-0.39, 0.29) is 0 Å². The van der Waals surface area contributed by atoms with E-state index >= 15 is 0 Å². The lowest BCUT2D eigenvalue weighted by molar-refractivity contribution is 1.17. The van der Waals surface area contributed by atoms with Crippen molar-refractivity contribution >= 4 is 24.1 Å². The molecule has 1 heterocycles. The third-order valence-electron chi connectivity index (χ3n) is 1.50. The van der Waals surface area contributed by atoms with Gasteiger partial charge in [0.25, 0.3) is 0 Å². The number of nitrogens with zero attached hydrogens (tertiary/aromatic N) is 1. The van der Waals surface area contributed by atoms with Crippen LogP contribution in [0.4, 0.5) is 0 Å². The zero-order chi connectivity index (χ0) is 8.27. The van der Waals surface area contributed by atoms with Crippen molar-refractivity contribution in [1.29, 1.82) is 0 Å². The summed E-state index contributed by atoms with van der Waals surface area (Å²) in [6.45, 7) is 5.91. The van der Waals surface area contributed by atoms with E-state index < -0.39 is 0 Å². The summed E-state index contributed by atoms with van der Waals surface area (Å²) >= 11 is 4.30. The van der Waals surface area contributed by atoms with Crippen LogP contribution < -0.4 is 10.6 Å². The van der Waals surface area contributed by atoms with Crippen LogP contribution in [-0.2, 0) is 0 Å². The molecule has 0 saturated carbocycles. The lowest BCUT2D eigenvalue weighted by Crippen LogP contribution is -2.27. The van der Waals surface area contributed by atoms with E-state index in [1.165, 1.54) is 0 Å². The first kappa shape index (κ1) is 8.34. The quantitative estimate of drug-likeness (QED) is 0.611. The van der Waals surface area contributed by atoms with Gasteiger partial charge in [0.05, 0.1) is 5.35 Å². The standard InChI is InChI=1S/C9H11NS/c1-3-8(11)9-7(2)5-4-6-10-9/h4-6,11H,2-3H2,1H3/b9-8-. The maximum absolute atomic E-state index is 4.30. The van der Waals surface area contributed by atoms with Crippen molar-refractivity contribution in [3.8, 4) is 0 Å². The number of hydrogen-bond acceptors (Lipinski definition) is 2. The van der Waals surface area contributed by atoms with Crippen LogP contribution >= 0.6 is 12.6 Å². The molecule has 0 aromatic carbocycles. The first-order valence-corrected chi connectivity index (χ1v) is 4.02. The van der Waals surface area contributed by atoms with Crippen LogP contribution in [0.2, 0.25) is 0 Å². The highest BCUT2D eigenvalue weighted by Gasteiger charge is 1.88. The van der Waals surface area contributed by atoms with Crippen LogP contribution in [0.1, 0.15) is 13.3 Å². The fourth-order valence-corrected chi connectivity index (χ4v) is 1.07. The summed E-state index contributed by atoms with van der Waals surface area (Å²) in [6, 6.07) is 3.82. The van der Waals surface area contributed by atoms with Gasteiger partial charge in [0.2, 0.25) is 0 Å². The molecule has 1 nitrogen and oxygen atoms in total. The summed E-state index contributed by atoms with van der Waals surface area (Å²) in [5, 5.41) is 1.86. The Labute approximate surface area is 71.9 Å². The normalized spacial score (nSPS) is 12.9. The molecule has 0 aliphatic carbocycles. The van der Waals surface area contributed by atoms with Crippen molar-refractivity contribution in [3.63, 3.8) is 0 Å². The average Bonchev–Trinajstić information content (AvgIpc) is 2.04. The Bertz CT molecular complexity index is 343. The van der Waals surface area contributed by atoms with Crippen LogP contribution in [0, 0.1) is 0 Å². The summed E-state index contributed by atoms with van der Waals surface area (Å²) in [4.78, 5) is 5.17. The predicted molar refractivity (Wildman–Crippen MR) is 51.7 cm³/mol. The van der Waals surface area contributed by atoms with Gasteiger partial charge in [0.15, 0.2) is 0 Å². The van der Waals surface area contributed by atoms with Crippen LogP contribution in [0.25, 0.3) is 11.5 Å². The largest absolute Gasteiger partial charge is 0.255 e. The first-order valence-electron chi connectivity index (χ1n) is 3.57. The van der Waals surface area contributed by atoms with E-state index in [1.807, 2.05) is 12.1 Å². The summed E-state index contributed by atoms with van der Waals surface area (Å²) in [7, 11) is 0. The number of pyridine rings is 1. The van der Waals surface area contributed by atoms with Crippen molar-refractivity contribution in [2.75, 3.05) is 0 Å².